The zero-order chi connectivity index (χ0) is 16.9. The Labute approximate surface area is 139 Å². The average Bonchev–Trinajstić information content (AvgIpc) is 3.02. The summed E-state index contributed by atoms with van der Waals surface area (Å²) in [5.41, 5.74) is 2.73. The Balaban J connectivity index is 1.59. The first-order chi connectivity index (χ1) is 11.6. The van der Waals surface area contributed by atoms with Gasteiger partial charge < -0.3 is 14.8 Å². The predicted molar refractivity (Wildman–Crippen MR) is 91.1 cm³/mol. The third-order valence-corrected chi connectivity index (χ3v) is 3.52. The molecule has 0 saturated carbocycles. The molecule has 0 radical (unpaired) electrons. The molecule has 3 rings (SSSR count). The Bertz CT molecular complexity index is 794. The molecule has 0 atom stereocenters. The second-order valence-electron chi connectivity index (χ2n) is 5.43. The molecule has 0 unspecified atom stereocenters. The number of esters is 1. The predicted octanol–water partition coefficient (Wildman–Crippen LogP) is 3.20. The topological polar surface area (TPSA) is 64.6 Å². The summed E-state index contributed by atoms with van der Waals surface area (Å²) in [6, 6.07) is 12.4. The number of rotatable bonds is 4. The number of hydrogen-bond donors (Lipinski definition) is 1. The van der Waals surface area contributed by atoms with Crippen molar-refractivity contribution in [3.8, 4) is 11.5 Å². The minimum Gasteiger partial charge on any atom is -0.493 e. The van der Waals surface area contributed by atoms with Crippen LogP contribution in [0, 0.1) is 0 Å². The lowest BCUT2D eigenvalue weighted by Gasteiger charge is -2.04. The van der Waals surface area contributed by atoms with Gasteiger partial charge in [-0.25, -0.2) is 4.79 Å². The van der Waals surface area contributed by atoms with Crippen LogP contribution >= 0.6 is 0 Å². The van der Waals surface area contributed by atoms with E-state index in [1.165, 1.54) is 13.0 Å². The van der Waals surface area contributed by atoms with Crippen LogP contribution in [0.25, 0.3) is 6.08 Å². The molecule has 0 aromatic heterocycles. The molecule has 5 heteroatoms. The van der Waals surface area contributed by atoms with Gasteiger partial charge in [0.05, 0.1) is 6.61 Å². The summed E-state index contributed by atoms with van der Waals surface area (Å²) in [5, 5.41) is 2.65. The molecule has 5 nitrogen and oxygen atoms in total. The second-order valence-corrected chi connectivity index (χ2v) is 5.43. The molecule has 0 fully saturated rings. The van der Waals surface area contributed by atoms with Gasteiger partial charge in [-0.05, 0) is 53.6 Å². The van der Waals surface area contributed by atoms with Crippen molar-refractivity contribution in [3.05, 3.63) is 59.7 Å². The Morgan fingerprint density at radius 2 is 1.96 bits per heavy atom. The van der Waals surface area contributed by atoms with E-state index in [-0.39, 0.29) is 5.91 Å². The first-order valence-electron chi connectivity index (χ1n) is 7.63. The molecule has 0 saturated heterocycles. The first kappa shape index (κ1) is 15.8. The molecule has 2 aromatic rings. The monoisotopic (exact) mass is 323 g/mol. The summed E-state index contributed by atoms with van der Waals surface area (Å²) in [7, 11) is 0. The van der Waals surface area contributed by atoms with Gasteiger partial charge in [0.25, 0.3) is 0 Å². The third kappa shape index (κ3) is 4.01. The number of amides is 1. The summed E-state index contributed by atoms with van der Waals surface area (Å²) in [6.07, 6.45) is 3.99. The average molecular weight is 323 g/mol. The van der Waals surface area contributed by atoms with Gasteiger partial charge in [-0.3, -0.25) is 4.79 Å². The van der Waals surface area contributed by atoms with Crippen molar-refractivity contribution in [2.75, 3.05) is 11.9 Å². The lowest BCUT2D eigenvalue weighted by atomic mass is 10.1. The number of hydrogen-bond acceptors (Lipinski definition) is 4. The van der Waals surface area contributed by atoms with Gasteiger partial charge >= 0.3 is 5.97 Å². The molecule has 1 heterocycles. The van der Waals surface area contributed by atoms with Gasteiger partial charge in [0.2, 0.25) is 5.91 Å². The maximum absolute atomic E-state index is 11.9. The number of anilines is 1. The van der Waals surface area contributed by atoms with Gasteiger partial charge in [0.1, 0.15) is 11.5 Å². The molecule has 0 aliphatic carbocycles. The third-order valence-electron chi connectivity index (χ3n) is 3.52. The van der Waals surface area contributed by atoms with Crippen LogP contribution < -0.4 is 14.8 Å². The highest BCUT2D eigenvalue weighted by atomic mass is 16.5. The fraction of sp³-hybridized carbons (Fsp3) is 0.158. The van der Waals surface area contributed by atoms with Crippen molar-refractivity contribution >= 4 is 23.6 Å². The van der Waals surface area contributed by atoms with Crippen molar-refractivity contribution in [3.63, 3.8) is 0 Å². The lowest BCUT2D eigenvalue weighted by molar-refractivity contribution is -0.128. The number of fused-ring (bicyclic) bond motifs is 1. The van der Waals surface area contributed by atoms with E-state index in [0.29, 0.717) is 18.0 Å². The molecule has 1 aliphatic heterocycles. The van der Waals surface area contributed by atoms with E-state index in [9.17, 15) is 9.59 Å². The molecule has 0 bridgehead atoms. The van der Waals surface area contributed by atoms with Crippen LogP contribution in [0.1, 0.15) is 18.1 Å². The van der Waals surface area contributed by atoms with E-state index in [4.69, 9.17) is 9.47 Å². The van der Waals surface area contributed by atoms with Crippen LogP contribution in [0.4, 0.5) is 5.69 Å². The van der Waals surface area contributed by atoms with Crippen molar-refractivity contribution in [2.45, 2.75) is 13.3 Å². The quantitative estimate of drug-likeness (QED) is 0.533. The highest BCUT2D eigenvalue weighted by Gasteiger charge is 2.11. The molecule has 122 valence electrons. The standard InChI is InChI=1S/C19H17NO4/c1-13(21)20-16-4-6-17(7-5-16)24-19(22)9-3-14-2-8-18-15(12-14)10-11-23-18/h2-9,12H,10-11H2,1H3,(H,20,21)/b9-3+. The van der Waals surface area contributed by atoms with E-state index >= 15 is 0 Å². The van der Waals surface area contributed by atoms with Gasteiger partial charge in [-0.15, -0.1) is 0 Å². The summed E-state index contributed by atoms with van der Waals surface area (Å²) < 4.78 is 10.7. The maximum Gasteiger partial charge on any atom is 0.336 e. The molecule has 1 N–H and O–H groups in total. The Morgan fingerprint density at radius 3 is 2.71 bits per heavy atom. The zero-order valence-corrected chi connectivity index (χ0v) is 13.2. The summed E-state index contributed by atoms with van der Waals surface area (Å²) in [4.78, 5) is 22.8. The molecular weight excluding hydrogens is 306 g/mol. The maximum atomic E-state index is 11.9. The number of nitrogens with one attached hydrogen (secondary N) is 1. The Hall–Kier alpha value is -3.08. The minimum absolute atomic E-state index is 0.151. The van der Waals surface area contributed by atoms with Gasteiger partial charge in [-0.2, -0.15) is 0 Å². The van der Waals surface area contributed by atoms with Crippen molar-refractivity contribution in [2.24, 2.45) is 0 Å². The lowest BCUT2D eigenvalue weighted by Crippen LogP contribution is -2.06. The number of carbonyl (C=O) groups excluding carboxylic acids is 2. The fourth-order valence-electron chi connectivity index (χ4n) is 2.43. The minimum atomic E-state index is -0.459. The molecule has 2 aromatic carbocycles. The van der Waals surface area contributed by atoms with E-state index in [1.807, 2.05) is 18.2 Å². The summed E-state index contributed by atoms with van der Waals surface area (Å²) in [6.45, 7) is 2.14. The fourth-order valence-corrected chi connectivity index (χ4v) is 2.43. The Kier molecular flexibility index (Phi) is 4.61. The van der Waals surface area contributed by atoms with Crippen LogP contribution in [0.5, 0.6) is 11.5 Å². The second kappa shape index (κ2) is 7.00. The van der Waals surface area contributed by atoms with Crippen molar-refractivity contribution in [1.82, 2.24) is 0 Å². The molecule has 24 heavy (non-hydrogen) atoms. The van der Waals surface area contributed by atoms with Crippen molar-refractivity contribution < 1.29 is 19.1 Å². The molecule has 1 amide bonds. The normalized spacial score (nSPS) is 12.5. The van der Waals surface area contributed by atoms with Crippen LogP contribution in [0.15, 0.2) is 48.5 Å². The zero-order valence-electron chi connectivity index (χ0n) is 13.2. The van der Waals surface area contributed by atoms with Crippen LogP contribution in [0.3, 0.4) is 0 Å². The highest BCUT2D eigenvalue weighted by Crippen LogP contribution is 2.26. The Morgan fingerprint density at radius 1 is 1.17 bits per heavy atom. The van der Waals surface area contributed by atoms with Gasteiger partial charge in [0.15, 0.2) is 0 Å². The summed E-state index contributed by atoms with van der Waals surface area (Å²) >= 11 is 0. The van der Waals surface area contributed by atoms with E-state index in [2.05, 4.69) is 5.32 Å². The van der Waals surface area contributed by atoms with Crippen LogP contribution in [0.2, 0.25) is 0 Å². The van der Waals surface area contributed by atoms with E-state index in [1.54, 1.807) is 30.3 Å². The summed E-state index contributed by atoms with van der Waals surface area (Å²) in [5.74, 6) is 0.719. The number of benzene rings is 2. The van der Waals surface area contributed by atoms with E-state index in [0.717, 1.165) is 23.3 Å². The van der Waals surface area contributed by atoms with Gasteiger partial charge in [-0.1, -0.05) is 6.07 Å². The molecule has 0 spiro atoms. The molecular formula is C19H17NO4. The SMILES string of the molecule is CC(=O)Nc1ccc(OC(=O)/C=C/c2ccc3c(c2)CCO3)cc1. The van der Waals surface area contributed by atoms with Crippen LogP contribution in [-0.2, 0) is 16.0 Å². The van der Waals surface area contributed by atoms with Crippen molar-refractivity contribution in [1.29, 1.82) is 0 Å². The molecule has 1 aliphatic rings. The number of ether oxygens (including phenoxy) is 2. The van der Waals surface area contributed by atoms with E-state index < -0.39 is 5.97 Å². The smallest absolute Gasteiger partial charge is 0.336 e. The van der Waals surface area contributed by atoms with Gasteiger partial charge in [0, 0.05) is 25.1 Å². The largest absolute Gasteiger partial charge is 0.493 e. The number of carbonyl (C=O) groups is 2. The highest BCUT2D eigenvalue weighted by molar-refractivity contribution is 5.90. The first-order valence-corrected chi connectivity index (χ1v) is 7.63. The van der Waals surface area contributed by atoms with Crippen LogP contribution in [-0.4, -0.2) is 18.5 Å².